The maximum absolute atomic E-state index is 8.85. The average molecular weight is 251 g/mol. The first-order chi connectivity index (χ1) is 8.44. The van der Waals surface area contributed by atoms with E-state index in [1.165, 1.54) is 25.7 Å². The highest BCUT2D eigenvalue weighted by Crippen LogP contribution is 2.26. The highest BCUT2D eigenvalue weighted by Gasteiger charge is 2.21. The van der Waals surface area contributed by atoms with Crippen LogP contribution in [0, 0.1) is 17.2 Å². The number of unbranched alkanes of at least 4 members (excludes halogenated alkanes) is 1. The van der Waals surface area contributed by atoms with E-state index in [-0.39, 0.29) is 0 Å². The van der Waals surface area contributed by atoms with Crippen molar-refractivity contribution in [3.63, 3.8) is 0 Å². The first kappa shape index (κ1) is 15.5. The topological polar surface area (TPSA) is 53.0 Å². The van der Waals surface area contributed by atoms with Gasteiger partial charge in [0.2, 0.25) is 0 Å². The van der Waals surface area contributed by atoms with E-state index in [1.54, 1.807) is 0 Å². The Labute approximate surface area is 112 Å². The zero-order valence-corrected chi connectivity index (χ0v) is 12.3. The van der Waals surface area contributed by atoms with Crippen LogP contribution in [0.2, 0.25) is 0 Å². The molecule has 0 bridgehead atoms. The molecule has 1 aliphatic rings. The van der Waals surface area contributed by atoms with Crippen molar-refractivity contribution in [3.8, 4) is 6.07 Å². The second-order valence-corrected chi connectivity index (χ2v) is 6.38. The van der Waals surface area contributed by atoms with Crippen molar-refractivity contribution in [3.05, 3.63) is 0 Å². The summed E-state index contributed by atoms with van der Waals surface area (Å²) in [6.45, 7) is 5.32. The maximum Gasteiger partial charge on any atom is 0.101 e. The molecule has 1 unspecified atom stereocenters. The fourth-order valence-electron chi connectivity index (χ4n) is 2.78. The number of nitriles is 1. The molecule has 1 saturated carbocycles. The van der Waals surface area contributed by atoms with E-state index in [9.17, 15) is 0 Å². The summed E-state index contributed by atoms with van der Waals surface area (Å²) in [5.74, 6) is 0.920. The van der Waals surface area contributed by atoms with E-state index < -0.39 is 5.54 Å². The summed E-state index contributed by atoms with van der Waals surface area (Å²) < 4.78 is 0. The Kier molecular flexibility index (Phi) is 6.11. The molecule has 0 amide bonds. The lowest BCUT2D eigenvalue weighted by Crippen LogP contribution is -2.36. The monoisotopic (exact) mass is 251 g/mol. The van der Waals surface area contributed by atoms with Crippen molar-refractivity contribution in [1.82, 2.24) is 4.90 Å². The highest BCUT2D eigenvalue weighted by atomic mass is 15.1. The van der Waals surface area contributed by atoms with Gasteiger partial charge < -0.3 is 10.6 Å². The number of rotatable bonds is 6. The Hall–Kier alpha value is -0.590. The lowest BCUT2D eigenvalue weighted by molar-refractivity contribution is 0.167. The van der Waals surface area contributed by atoms with Crippen molar-refractivity contribution in [1.29, 1.82) is 5.26 Å². The minimum absolute atomic E-state index is 0.640. The Bertz CT molecular complexity index is 272. The van der Waals surface area contributed by atoms with E-state index in [1.807, 2.05) is 6.92 Å². The van der Waals surface area contributed by atoms with Crippen molar-refractivity contribution in [2.45, 2.75) is 70.4 Å². The van der Waals surface area contributed by atoms with E-state index in [2.05, 4.69) is 24.9 Å². The molecule has 1 aliphatic carbocycles. The van der Waals surface area contributed by atoms with Gasteiger partial charge in [-0.25, -0.2) is 0 Å². The third-order valence-corrected chi connectivity index (χ3v) is 4.32. The first-order valence-corrected chi connectivity index (χ1v) is 7.35. The van der Waals surface area contributed by atoms with Crippen LogP contribution < -0.4 is 5.73 Å². The van der Waals surface area contributed by atoms with Crippen LogP contribution in [0.15, 0.2) is 0 Å². The molecule has 1 rings (SSSR count). The van der Waals surface area contributed by atoms with Gasteiger partial charge in [0.15, 0.2) is 0 Å². The molecule has 1 atom stereocenters. The van der Waals surface area contributed by atoms with Crippen LogP contribution in [0.4, 0.5) is 0 Å². The van der Waals surface area contributed by atoms with E-state index in [4.69, 9.17) is 11.0 Å². The summed E-state index contributed by atoms with van der Waals surface area (Å²) in [5, 5.41) is 8.85. The molecule has 0 aromatic heterocycles. The second kappa shape index (κ2) is 7.11. The summed E-state index contributed by atoms with van der Waals surface area (Å²) >= 11 is 0. The molecule has 1 fully saturated rings. The Morgan fingerprint density at radius 1 is 1.28 bits per heavy atom. The third-order valence-electron chi connectivity index (χ3n) is 4.32. The zero-order valence-electron chi connectivity index (χ0n) is 12.3. The molecule has 0 heterocycles. The maximum atomic E-state index is 8.85. The van der Waals surface area contributed by atoms with E-state index in [0.717, 1.165) is 37.8 Å². The van der Waals surface area contributed by atoms with E-state index >= 15 is 0 Å². The normalized spacial score (nSPS) is 27.8. The van der Waals surface area contributed by atoms with Crippen LogP contribution in [-0.2, 0) is 0 Å². The molecule has 3 heteroatoms. The van der Waals surface area contributed by atoms with Crippen molar-refractivity contribution >= 4 is 0 Å². The fraction of sp³-hybridized carbons (Fsp3) is 0.933. The Morgan fingerprint density at radius 2 is 1.89 bits per heavy atom. The van der Waals surface area contributed by atoms with Gasteiger partial charge in [0.1, 0.15) is 5.54 Å². The molecule has 0 aromatic carbocycles. The molecule has 0 spiro atoms. The van der Waals surface area contributed by atoms with Crippen LogP contribution in [0.3, 0.4) is 0 Å². The van der Waals surface area contributed by atoms with Gasteiger partial charge in [0.05, 0.1) is 6.07 Å². The van der Waals surface area contributed by atoms with Gasteiger partial charge >= 0.3 is 0 Å². The van der Waals surface area contributed by atoms with Gasteiger partial charge in [-0.15, -0.1) is 0 Å². The molecular weight excluding hydrogens is 222 g/mol. The lowest BCUT2D eigenvalue weighted by Gasteiger charge is -2.33. The molecular formula is C15H29N3. The molecule has 18 heavy (non-hydrogen) atoms. The van der Waals surface area contributed by atoms with Crippen molar-refractivity contribution in [2.75, 3.05) is 13.6 Å². The fourth-order valence-corrected chi connectivity index (χ4v) is 2.78. The van der Waals surface area contributed by atoms with Gasteiger partial charge in [0.25, 0.3) is 0 Å². The van der Waals surface area contributed by atoms with E-state index in [0.29, 0.717) is 0 Å². The second-order valence-electron chi connectivity index (χ2n) is 6.38. The summed E-state index contributed by atoms with van der Waals surface area (Å²) in [4.78, 5) is 2.51. The molecule has 104 valence electrons. The molecule has 0 aromatic rings. The van der Waals surface area contributed by atoms with Crippen LogP contribution in [0.5, 0.6) is 0 Å². The summed E-state index contributed by atoms with van der Waals surface area (Å²) in [5.41, 5.74) is 5.18. The number of hydrogen-bond acceptors (Lipinski definition) is 3. The lowest BCUT2D eigenvalue weighted by atomic mass is 9.86. The van der Waals surface area contributed by atoms with Crippen LogP contribution in [-0.4, -0.2) is 30.1 Å². The molecule has 0 aliphatic heterocycles. The van der Waals surface area contributed by atoms with Gasteiger partial charge in [-0.05, 0) is 71.4 Å². The Balaban J connectivity index is 2.14. The van der Waals surface area contributed by atoms with Gasteiger partial charge in [-0.3, -0.25) is 0 Å². The quantitative estimate of drug-likeness (QED) is 0.738. The molecule has 0 radical (unpaired) electrons. The number of nitrogens with two attached hydrogens (primary N) is 1. The number of nitrogens with zero attached hydrogens (tertiary/aromatic N) is 2. The van der Waals surface area contributed by atoms with Crippen molar-refractivity contribution in [2.24, 2.45) is 11.7 Å². The summed E-state index contributed by atoms with van der Waals surface area (Å²) in [7, 11) is 2.24. The standard InChI is InChI=1S/C15H29N3/c1-13-6-8-14(9-7-13)18(3)11-5-4-10-15(2,17)12-16/h13-14H,4-11,17H2,1-3H3. The third kappa shape index (κ3) is 5.37. The SMILES string of the molecule is CC1CCC(N(C)CCCCC(C)(N)C#N)CC1. The average Bonchev–Trinajstić information content (AvgIpc) is 2.35. The highest BCUT2D eigenvalue weighted by molar-refractivity contribution is 5.00. The zero-order chi connectivity index (χ0) is 13.6. The predicted molar refractivity (Wildman–Crippen MR) is 76.1 cm³/mol. The predicted octanol–water partition coefficient (Wildman–Crippen LogP) is 2.91. The van der Waals surface area contributed by atoms with Crippen LogP contribution >= 0.6 is 0 Å². The Morgan fingerprint density at radius 3 is 2.44 bits per heavy atom. The largest absolute Gasteiger partial charge is 0.314 e. The van der Waals surface area contributed by atoms with Crippen LogP contribution in [0.1, 0.15) is 58.8 Å². The molecule has 0 saturated heterocycles. The number of hydrogen-bond donors (Lipinski definition) is 1. The van der Waals surface area contributed by atoms with Crippen LogP contribution in [0.25, 0.3) is 0 Å². The first-order valence-electron chi connectivity index (χ1n) is 7.35. The molecule has 2 N–H and O–H groups in total. The van der Waals surface area contributed by atoms with Gasteiger partial charge in [-0.1, -0.05) is 6.92 Å². The smallest absolute Gasteiger partial charge is 0.101 e. The minimum Gasteiger partial charge on any atom is -0.314 e. The molecule has 3 nitrogen and oxygen atoms in total. The summed E-state index contributed by atoms with van der Waals surface area (Å²) in [6.07, 6.45) is 8.47. The summed E-state index contributed by atoms with van der Waals surface area (Å²) in [6, 6.07) is 2.94. The van der Waals surface area contributed by atoms with Crippen molar-refractivity contribution < 1.29 is 0 Å². The minimum atomic E-state index is -0.640. The van der Waals surface area contributed by atoms with Gasteiger partial charge in [0, 0.05) is 6.04 Å². The van der Waals surface area contributed by atoms with Gasteiger partial charge in [-0.2, -0.15) is 5.26 Å².